The molecule has 2 N–H and O–H groups in total. The number of nitrogens with zero attached hydrogens (tertiary/aromatic N) is 3. The largest absolute Gasteiger partial charge is 0.319 e. The van der Waals surface area contributed by atoms with Crippen molar-refractivity contribution in [1.82, 2.24) is 15.0 Å². The van der Waals surface area contributed by atoms with Gasteiger partial charge in [0.1, 0.15) is 17.3 Å². The van der Waals surface area contributed by atoms with Gasteiger partial charge in [-0.3, -0.25) is 19.6 Å². The van der Waals surface area contributed by atoms with Crippen molar-refractivity contribution >= 4 is 23.3 Å². The quantitative estimate of drug-likeness (QED) is 0.355. The molecule has 36 heavy (non-hydrogen) atoms. The summed E-state index contributed by atoms with van der Waals surface area (Å²) in [4.78, 5) is 36.0. The summed E-state index contributed by atoms with van der Waals surface area (Å²) < 4.78 is 40.1. The molecule has 0 atom stereocenters. The molecule has 0 aliphatic carbocycles. The first-order valence-corrected chi connectivity index (χ1v) is 10.8. The number of rotatable bonds is 6. The van der Waals surface area contributed by atoms with Crippen LogP contribution in [0, 0.1) is 12.7 Å². The summed E-state index contributed by atoms with van der Waals surface area (Å²) in [6.45, 7) is 3.12. The van der Waals surface area contributed by atoms with Crippen LogP contribution < -0.4 is 10.6 Å². The molecule has 7 nitrogen and oxygen atoms in total. The smallest absolute Gasteiger partial charge is 0.280 e. The van der Waals surface area contributed by atoms with Gasteiger partial charge in [-0.2, -0.15) is 0 Å². The fraction of sp³-hybridized carbons (Fsp3) is 0.115. The number of amides is 2. The highest BCUT2D eigenvalue weighted by molar-refractivity contribution is 6.04. The van der Waals surface area contributed by atoms with E-state index in [4.69, 9.17) is 0 Å². The molecule has 0 radical (unpaired) electrons. The molecule has 0 fully saturated rings. The second kappa shape index (κ2) is 10.3. The average molecular weight is 491 g/mol. The number of carbonyl (C=O) groups is 2. The summed E-state index contributed by atoms with van der Waals surface area (Å²) in [6.07, 6.45) is 1.41. The molecule has 0 bridgehead atoms. The van der Waals surface area contributed by atoms with Gasteiger partial charge in [0.05, 0.1) is 16.9 Å². The van der Waals surface area contributed by atoms with E-state index in [1.54, 1.807) is 43.6 Å². The van der Waals surface area contributed by atoms with Crippen LogP contribution in [0.25, 0.3) is 22.4 Å². The second-order valence-electron chi connectivity index (χ2n) is 7.91. The van der Waals surface area contributed by atoms with Gasteiger partial charge >= 0.3 is 0 Å². The Bertz CT molecular complexity index is 1440. The minimum atomic E-state index is -2.76. The van der Waals surface area contributed by atoms with Crippen LogP contribution in [0.1, 0.15) is 35.0 Å². The zero-order valence-corrected chi connectivity index (χ0v) is 19.2. The number of anilines is 2. The molecule has 3 heterocycles. The number of pyridine rings is 3. The van der Waals surface area contributed by atoms with Gasteiger partial charge in [0.15, 0.2) is 0 Å². The standard InChI is InChI=1S/C26H20F3N5O2/c1-14-9-20(27)23(34-26(36)18-3-4-21(25(28)29)32-13-18)12-19(14)16-5-7-30-22(10-16)17-6-8-31-24(11-17)33-15(2)35/h3-13,25H,1-2H3,(H,34,36)(H,31,33,35). The first-order valence-electron chi connectivity index (χ1n) is 10.8. The van der Waals surface area contributed by atoms with Crippen molar-refractivity contribution in [3.8, 4) is 22.4 Å². The minimum absolute atomic E-state index is 0.0137. The summed E-state index contributed by atoms with van der Waals surface area (Å²) in [6, 6.07) is 12.0. The van der Waals surface area contributed by atoms with Gasteiger partial charge in [0.25, 0.3) is 12.3 Å². The maximum Gasteiger partial charge on any atom is 0.280 e. The lowest BCUT2D eigenvalue weighted by molar-refractivity contribution is -0.114. The summed E-state index contributed by atoms with van der Waals surface area (Å²) >= 11 is 0. The van der Waals surface area contributed by atoms with Gasteiger partial charge in [-0.1, -0.05) is 0 Å². The van der Waals surface area contributed by atoms with E-state index in [9.17, 15) is 22.8 Å². The molecule has 0 aliphatic heterocycles. The van der Waals surface area contributed by atoms with Crippen LogP contribution in [-0.2, 0) is 4.79 Å². The van der Waals surface area contributed by atoms with E-state index in [1.807, 2.05) is 0 Å². The average Bonchev–Trinajstić information content (AvgIpc) is 2.85. The summed E-state index contributed by atoms with van der Waals surface area (Å²) in [5.74, 6) is -1.20. The first kappa shape index (κ1) is 24.5. The predicted molar refractivity (Wildman–Crippen MR) is 129 cm³/mol. The molecule has 1 aromatic carbocycles. The van der Waals surface area contributed by atoms with Gasteiger partial charge in [-0.25, -0.2) is 18.2 Å². The van der Waals surface area contributed by atoms with Crippen molar-refractivity contribution in [2.45, 2.75) is 20.3 Å². The number of alkyl halides is 2. The third-order valence-electron chi connectivity index (χ3n) is 5.27. The van der Waals surface area contributed by atoms with Crippen LogP contribution >= 0.6 is 0 Å². The molecule has 2 amide bonds. The van der Waals surface area contributed by atoms with E-state index in [0.29, 0.717) is 33.8 Å². The summed E-state index contributed by atoms with van der Waals surface area (Å²) in [7, 11) is 0. The number of hydrogen-bond donors (Lipinski definition) is 2. The van der Waals surface area contributed by atoms with Gasteiger partial charge < -0.3 is 10.6 Å². The van der Waals surface area contributed by atoms with E-state index in [1.165, 1.54) is 25.1 Å². The van der Waals surface area contributed by atoms with Gasteiger partial charge in [0.2, 0.25) is 5.91 Å². The molecular weight excluding hydrogens is 471 g/mol. The Morgan fingerprint density at radius 3 is 2.33 bits per heavy atom. The van der Waals surface area contributed by atoms with Crippen LogP contribution in [0.5, 0.6) is 0 Å². The Morgan fingerprint density at radius 2 is 1.64 bits per heavy atom. The topological polar surface area (TPSA) is 96.9 Å². The number of benzene rings is 1. The van der Waals surface area contributed by atoms with E-state index in [2.05, 4.69) is 25.6 Å². The maximum atomic E-state index is 14.7. The molecular formula is C26H20F3N5O2. The maximum absolute atomic E-state index is 14.7. The Kier molecular flexibility index (Phi) is 7.05. The van der Waals surface area contributed by atoms with Crippen LogP contribution in [0.4, 0.5) is 24.7 Å². The predicted octanol–water partition coefficient (Wildman–Crippen LogP) is 5.80. The summed E-state index contributed by atoms with van der Waals surface area (Å²) in [5.41, 5.74) is 2.78. The van der Waals surface area contributed by atoms with Gasteiger partial charge in [-0.05, 0) is 72.1 Å². The SMILES string of the molecule is CC(=O)Nc1cc(-c2cc(-c3cc(NC(=O)c4ccc(C(F)F)nc4)c(F)cc3C)ccn2)ccn1. The van der Waals surface area contributed by atoms with Gasteiger partial charge in [0, 0.05) is 31.1 Å². The molecule has 0 unspecified atom stereocenters. The molecule has 0 aliphatic rings. The van der Waals surface area contributed by atoms with Crippen molar-refractivity contribution in [2.75, 3.05) is 10.6 Å². The molecule has 4 aromatic rings. The number of halogens is 3. The Hall–Kier alpha value is -4.60. The lowest BCUT2D eigenvalue weighted by Crippen LogP contribution is -2.14. The zero-order valence-electron chi connectivity index (χ0n) is 19.2. The third kappa shape index (κ3) is 5.54. The van der Waals surface area contributed by atoms with Crippen molar-refractivity contribution in [1.29, 1.82) is 0 Å². The number of hydrogen-bond acceptors (Lipinski definition) is 5. The fourth-order valence-electron chi connectivity index (χ4n) is 3.54. The molecule has 0 saturated carbocycles. The molecule has 4 rings (SSSR count). The second-order valence-corrected chi connectivity index (χ2v) is 7.91. The third-order valence-corrected chi connectivity index (χ3v) is 5.27. The van der Waals surface area contributed by atoms with E-state index < -0.39 is 23.8 Å². The number of carbonyl (C=O) groups excluding carboxylic acids is 2. The van der Waals surface area contributed by atoms with Crippen molar-refractivity contribution in [3.05, 3.63) is 89.8 Å². The lowest BCUT2D eigenvalue weighted by Gasteiger charge is -2.13. The minimum Gasteiger partial charge on any atom is -0.319 e. The van der Waals surface area contributed by atoms with Crippen molar-refractivity contribution in [3.63, 3.8) is 0 Å². The van der Waals surface area contributed by atoms with Crippen molar-refractivity contribution in [2.24, 2.45) is 0 Å². The molecule has 0 spiro atoms. The van der Waals surface area contributed by atoms with Crippen molar-refractivity contribution < 1.29 is 22.8 Å². The summed E-state index contributed by atoms with van der Waals surface area (Å²) in [5, 5.41) is 5.10. The number of aryl methyl sites for hydroxylation is 1. The molecule has 10 heteroatoms. The molecule has 3 aromatic heterocycles. The van der Waals surface area contributed by atoms with Crippen LogP contribution in [-0.4, -0.2) is 26.8 Å². The number of aromatic nitrogens is 3. The Balaban J connectivity index is 1.64. The van der Waals surface area contributed by atoms with Gasteiger partial charge in [-0.15, -0.1) is 0 Å². The van der Waals surface area contributed by atoms with E-state index in [-0.39, 0.29) is 17.2 Å². The monoisotopic (exact) mass is 491 g/mol. The fourth-order valence-corrected chi connectivity index (χ4v) is 3.54. The first-order chi connectivity index (χ1) is 17.2. The normalized spacial score (nSPS) is 10.8. The zero-order chi connectivity index (χ0) is 25.8. The van der Waals surface area contributed by atoms with Crippen LogP contribution in [0.2, 0.25) is 0 Å². The van der Waals surface area contributed by atoms with E-state index in [0.717, 1.165) is 12.3 Å². The Labute approximate surface area is 204 Å². The number of nitrogens with one attached hydrogen (secondary N) is 2. The Morgan fingerprint density at radius 1 is 0.889 bits per heavy atom. The van der Waals surface area contributed by atoms with Crippen LogP contribution in [0.15, 0.2) is 67.1 Å². The molecule has 182 valence electrons. The van der Waals surface area contributed by atoms with Crippen LogP contribution in [0.3, 0.4) is 0 Å². The highest BCUT2D eigenvalue weighted by atomic mass is 19.3. The molecule has 0 saturated heterocycles. The van der Waals surface area contributed by atoms with E-state index >= 15 is 0 Å². The lowest BCUT2D eigenvalue weighted by atomic mass is 9.98. The highest BCUT2D eigenvalue weighted by Crippen LogP contribution is 2.31. The highest BCUT2D eigenvalue weighted by Gasteiger charge is 2.16.